The number of hydrogen-bond donors (Lipinski definition) is 3. The molecule has 170 valence electrons. The molecule has 0 spiro atoms. The highest BCUT2D eigenvalue weighted by molar-refractivity contribution is 7.13. The van der Waals surface area contributed by atoms with E-state index >= 15 is 0 Å². The summed E-state index contributed by atoms with van der Waals surface area (Å²) in [5, 5.41) is 14.9. The third kappa shape index (κ3) is 4.04. The van der Waals surface area contributed by atoms with Gasteiger partial charge in [0.1, 0.15) is 5.01 Å². The van der Waals surface area contributed by atoms with E-state index in [0.717, 1.165) is 55.6 Å². The Kier molecular flexibility index (Phi) is 5.59. The number of carboxylic acid groups (broad SMARTS) is 1. The van der Waals surface area contributed by atoms with Crippen LogP contribution in [0.15, 0.2) is 48.1 Å². The lowest BCUT2D eigenvalue weighted by atomic mass is 10.00. The van der Waals surface area contributed by atoms with Crippen LogP contribution in [-0.4, -0.2) is 31.9 Å². The highest BCUT2D eigenvalue weighted by atomic mass is 32.1. The molecule has 0 saturated heterocycles. The Morgan fingerprint density at radius 2 is 1.94 bits per heavy atom. The summed E-state index contributed by atoms with van der Waals surface area (Å²) in [5.41, 5.74) is 8.62. The van der Waals surface area contributed by atoms with E-state index in [2.05, 4.69) is 15.3 Å². The third-order valence-corrected chi connectivity index (χ3v) is 6.93. The number of aliphatic carboxylic acids is 1. The number of carboxylic acids is 1. The Labute approximate surface area is 200 Å². The number of nitrogens with zero attached hydrogens (tertiary/aromatic N) is 2. The lowest BCUT2D eigenvalue weighted by Crippen LogP contribution is -2.03. The number of hydrogen-bond acceptors (Lipinski definition) is 5. The SMILES string of the molecule is Cc1[nH]c(C=C2C(=O)Nc3ccc(-c4csc(-c5ccncc5)n4)cc32)c(C)c1CCC(=O)O. The Hall–Kier alpha value is -4.04. The second-order valence-corrected chi connectivity index (χ2v) is 9.07. The number of nitrogens with one attached hydrogen (secondary N) is 2. The molecule has 34 heavy (non-hydrogen) atoms. The lowest BCUT2D eigenvalue weighted by molar-refractivity contribution is -0.137. The molecular weight excluding hydrogens is 448 g/mol. The van der Waals surface area contributed by atoms with Crippen LogP contribution in [0, 0.1) is 13.8 Å². The molecule has 1 aliphatic rings. The predicted molar refractivity (Wildman–Crippen MR) is 134 cm³/mol. The van der Waals surface area contributed by atoms with Crippen LogP contribution in [0.4, 0.5) is 5.69 Å². The van der Waals surface area contributed by atoms with Gasteiger partial charge in [-0.1, -0.05) is 6.07 Å². The minimum atomic E-state index is -0.828. The average Bonchev–Trinajstić information content (AvgIpc) is 3.50. The second kappa shape index (κ2) is 8.72. The molecule has 7 nitrogen and oxygen atoms in total. The molecule has 1 aliphatic heterocycles. The number of aromatic nitrogens is 3. The van der Waals surface area contributed by atoms with Crippen molar-refractivity contribution in [1.29, 1.82) is 0 Å². The number of benzene rings is 1. The van der Waals surface area contributed by atoms with E-state index in [1.807, 2.05) is 55.6 Å². The highest BCUT2D eigenvalue weighted by Gasteiger charge is 2.26. The number of anilines is 1. The van der Waals surface area contributed by atoms with E-state index in [4.69, 9.17) is 10.1 Å². The van der Waals surface area contributed by atoms with Crippen LogP contribution in [0.1, 0.15) is 34.5 Å². The Balaban J connectivity index is 1.50. The maximum Gasteiger partial charge on any atom is 0.303 e. The molecule has 8 heteroatoms. The summed E-state index contributed by atoms with van der Waals surface area (Å²) in [4.78, 5) is 36.0. The summed E-state index contributed by atoms with van der Waals surface area (Å²) < 4.78 is 0. The summed E-state index contributed by atoms with van der Waals surface area (Å²) in [7, 11) is 0. The summed E-state index contributed by atoms with van der Waals surface area (Å²) in [6.07, 6.45) is 5.86. The molecule has 0 fully saturated rings. The Morgan fingerprint density at radius 1 is 1.15 bits per heavy atom. The number of thiazole rings is 1. The number of fused-ring (bicyclic) bond motifs is 1. The monoisotopic (exact) mass is 470 g/mol. The van der Waals surface area contributed by atoms with Crippen molar-refractivity contribution >= 4 is 40.5 Å². The van der Waals surface area contributed by atoms with Gasteiger partial charge in [-0.05, 0) is 61.7 Å². The molecule has 1 aromatic carbocycles. The first kappa shape index (κ1) is 21.8. The van der Waals surface area contributed by atoms with Crippen molar-refractivity contribution in [2.45, 2.75) is 26.7 Å². The van der Waals surface area contributed by atoms with Gasteiger partial charge >= 0.3 is 5.97 Å². The van der Waals surface area contributed by atoms with Gasteiger partial charge in [-0.15, -0.1) is 11.3 Å². The third-order valence-electron chi connectivity index (χ3n) is 6.04. The van der Waals surface area contributed by atoms with Gasteiger partial charge in [-0.3, -0.25) is 14.6 Å². The number of H-pyrrole nitrogens is 1. The van der Waals surface area contributed by atoms with Crippen LogP contribution >= 0.6 is 11.3 Å². The number of pyridine rings is 1. The van der Waals surface area contributed by atoms with E-state index < -0.39 is 5.97 Å². The first-order chi connectivity index (χ1) is 16.4. The molecule has 3 N–H and O–H groups in total. The molecule has 5 rings (SSSR count). The molecule has 0 saturated carbocycles. The average molecular weight is 471 g/mol. The van der Waals surface area contributed by atoms with E-state index in [1.54, 1.807) is 23.7 Å². The fourth-order valence-corrected chi connectivity index (χ4v) is 5.07. The largest absolute Gasteiger partial charge is 0.481 e. The molecular formula is C26H22N4O3S. The molecule has 0 aliphatic carbocycles. The second-order valence-electron chi connectivity index (χ2n) is 8.21. The molecule has 0 atom stereocenters. The summed E-state index contributed by atoms with van der Waals surface area (Å²) in [6.45, 7) is 3.88. The van der Waals surface area contributed by atoms with Crippen molar-refractivity contribution in [2.24, 2.45) is 0 Å². The highest BCUT2D eigenvalue weighted by Crippen LogP contribution is 2.38. The first-order valence-electron chi connectivity index (χ1n) is 10.8. The number of aromatic amines is 1. The van der Waals surface area contributed by atoms with Gasteiger partial charge in [0.05, 0.1) is 11.3 Å². The number of carbonyl (C=O) groups is 2. The van der Waals surface area contributed by atoms with Crippen molar-refractivity contribution in [3.05, 3.63) is 76.2 Å². The topological polar surface area (TPSA) is 108 Å². The zero-order valence-electron chi connectivity index (χ0n) is 18.7. The Morgan fingerprint density at radius 3 is 2.71 bits per heavy atom. The quantitative estimate of drug-likeness (QED) is 0.330. The number of aryl methyl sites for hydroxylation is 1. The van der Waals surface area contributed by atoms with Crippen molar-refractivity contribution in [3.63, 3.8) is 0 Å². The van der Waals surface area contributed by atoms with Gasteiger partial charge in [0.15, 0.2) is 0 Å². The maximum atomic E-state index is 12.8. The van der Waals surface area contributed by atoms with Crippen LogP contribution in [0.25, 0.3) is 33.5 Å². The van der Waals surface area contributed by atoms with Crippen molar-refractivity contribution in [3.8, 4) is 21.8 Å². The van der Waals surface area contributed by atoms with Gasteiger partial charge < -0.3 is 15.4 Å². The van der Waals surface area contributed by atoms with E-state index in [0.29, 0.717) is 12.0 Å². The zero-order chi connectivity index (χ0) is 23.8. The van der Waals surface area contributed by atoms with Crippen LogP contribution < -0.4 is 5.32 Å². The maximum absolute atomic E-state index is 12.8. The van der Waals surface area contributed by atoms with Gasteiger partial charge in [-0.25, -0.2) is 4.98 Å². The van der Waals surface area contributed by atoms with Gasteiger partial charge in [0.25, 0.3) is 5.91 Å². The molecule has 3 aromatic heterocycles. The van der Waals surface area contributed by atoms with Gasteiger partial charge in [0.2, 0.25) is 0 Å². The van der Waals surface area contributed by atoms with E-state index in [-0.39, 0.29) is 12.3 Å². The number of carbonyl (C=O) groups excluding carboxylic acids is 1. The fourth-order valence-electron chi connectivity index (χ4n) is 4.23. The van der Waals surface area contributed by atoms with Crippen LogP contribution in [0.2, 0.25) is 0 Å². The lowest BCUT2D eigenvalue weighted by Gasteiger charge is -2.03. The molecule has 0 radical (unpaired) electrons. The van der Waals surface area contributed by atoms with Gasteiger partial charge in [-0.2, -0.15) is 0 Å². The standard InChI is InChI=1S/C26H22N4O3S/c1-14-18(4-6-24(31)32)15(2)28-22(14)12-20-19-11-17(3-5-21(19)29-25(20)33)23-13-34-26(30-23)16-7-9-27-10-8-16/h3,5,7-13,28H,4,6H2,1-2H3,(H,29,33)(H,31,32). The Bertz CT molecular complexity index is 1450. The van der Waals surface area contributed by atoms with Gasteiger partial charge in [0, 0.05) is 58.0 Å². The number of amides is 1. The molecule has 4 aromatic rings. The van der Waals surface area contributed by atoms with Crippen molar-refractivity contribution in [2.75, 3.05) is 5.32 Å². The van der Waals surface area contributed by atoms with Crippen LogP contribution in [-0.2, 0) is 16.0 Å². The fraction of sp³-hybridized carbons (Fsp3) is 0.154. The van der Waals surface area contributed by atoms with Crippen LogP contribution in [0.3, 0.4) is 0 Å². The molecule has 0 unspecified atom stereocenters. The summed E-state index contributed by atoms with van der Waals surface area (Å²) in [6, 6.07) is 9.71. The molecule has 4 heterocycles. The predicted octanol–water partition coefficient (Wildman–Crippen LogP) is 5.33. The summed E-state index contributed by atoms with van der Waals surface area (Å²) in [5.74, 6) is -0.993. The number of rotatable bonds is 6. The van der Waals surface area contributed by atoms with Crippen molar-refractivity contribution < 1.29 is 14.7 Å². The zero-order valence-corrected chi connectivity index (χ0v) is 19.5. The summed E-state index contributed by atoms with van der Waals surface area (Å²) >= 11 is 1.56. The van der Waals surface area contributed by atoms with Crippen LogP contribution in [0.5, 0.6) is 0 Å². The molecule has 0 bridgehead atoms. The molecule has 1 amide bonds. The minimum Gasteiger partial charge on any atom is -0.481 e. The van der Waals surface area contributed by atoms with Crippen molar-refractivity contribution in [1.82, 2.24) is 15.0 Å². The normalized spacial score (nSPS) is 13.8. The first-order valence-corrected chi connectivity index (χ1v) is 11.7. The van der Waals surface area contributed by atoms with E-state index in [1.165, 1.54) is 0 Å². The minimum absolute atomic E-state index is 0.0668. The smallest absolute Gasteiger partial charge is 0.303 e. The van der Waals surface area contributed by atoms with E-state index in [9.17, 15) is 9.59 Å².